The second-order valence-electron chi connectivity index (χ2n) is 28.4. The molecule has 0 saturated heterocycles. The van der Waals surface area contributed by atoms with Gasteiger partial charge >= 0.3 is 39.5 Å². The maximum absolute atomic E-state index is 13.1. The monoisotopic (exact) mass is 1490 g/mol. The van der Waals surface area contributed by atoms with E-state index < -0.39 is 97.5 Å². The van der Waals surface area contributed by atoms with Crippen LogP contribution in [-0.2, 0) is 65.4 Å². The Hall–Kier alpha value is -2.98. The molecule has 102 heavy (non-hydrogen) atoms. The second kappa shape index (κ2) is 76.2. The van der Waals surface area contributed by atoms with Gasteiger partial charge in [-0.15, -0.1) is 0 Å². The number of hydrogen-bond donors (Lipinski definition) is 3. The number of phosphoric ester groups is 2. The topological polar surface area (TPSA) is 237 Å². The Labute approximate surface area is 623 Å². The van der Waals surface area contributed by atoms with Gasteiger partial charge in [-0.25, -0.2) is 9.13 Å². The van der Waals surface area contributed by atoms with E-state index in [1.54, 1.807) is 0 Å². The number of phosphoric acid groups is 2. The molecule has 598 valence electrons. The van der Waals surface area contributed by atoms with Crippen LogP contribution in [0, 0.1) is 0 Å². The van der Waals surface area contributed by atoms with Gasteiger partial charge in [-0.3, -0.25) is 37.3 Å². The highest BCUT2D eigenvalue weighted by Crippen LogP contribution is 2.45. The van der Waals surface area contributed by atoms with Crippen LogP contribution in [0.5, 0.6) is 0 Å². The van der Waals surface area contributed by atoms with Crippen molar-refractivity contribution in [1.29, 1.82) is 0 Å². The maximum atomic E-state index is 13.1. The number of rotatable bonds is 80. The number of esters is 4. The lowest BCUT2D eigenvalue weighted by Crippen LogP contribution is -2.30. The third-order valence-electron chi connectivity index (χ3n) is 18.3. The van der Waals surface area contributed by atoms with E-state index in [1.165, 1.54) is 180 Å². The first kappa shape index (κ1) is 99.0. The first-order chi connectivity index (χ1) is 49.7. The van der Waals surface area contributed by atoms with Crippen molar-refractivity contribution in [3.8, 4) is 0 Å². The van der Waals surface area contributed by atoms with Crippen molar-refractivity contribution >= 4 is 39.5 Å². The predicted octanol–water partition coefficient (Wildman–Crippen LogP) is 24.5. The number of allylic oxidation sites excluding steroid dienone is 8. The molecule has 2 unspecified atom stereocenters. The third-order valence-corrected chi connectivity index (χ3v) is 20.2. The molecule has 0 aromatic heterocycles. The number of ether oxygens (including phenoxy) is 4. The van der Waals surface area contributed by atoms with E-state index in [1.807, 2.05) is 0 Å². The van der Waals surface area contributed by atoms with E-state index in [4.69, 9.17) is 37.0 Å². The van der Waals surface area contributed by atoms with E-state index in [2.05, 4.69) is 76.3 Å². The molecule has 0 aromatic carbocycles. The molecule has 0 radical (unpaired) electrons. The first-order valence-corrected chi connectivity index (χ1v) is 44.9. The molecule has 0 aliphatic heterocycles. The van der Waals surface area contributed by atoms with Gasteiger partial charge in [-0.2, -0.15) is 0 Å². The maximum Gasteiger partial charge on any atom is 0.472 e. The van der Waals surface area contributed by atoms with Crippen LogP contribution in [0.3, 0.4) is 0 Å². The Morgan fingerprint density at radius 1 is 0.275 bits per heavy atom. The summed E-state index contributed by atoms with van der Waals surface area (Å²) in [5.41, 5.74) is 0. The zero-order chi connectivity index (χ0) is 74.6. The van der Waals surface area contributed by atoms with Crippen molar-refractivity contribution in [1.82, 2.24) is 0 Å². The zero-order valence-corrected chi connectivity index (χ0v) is 67.3. The molecule has 19 heteroatoms. The number of aliphatic hydroxyl groups is 1. The zero-order valence-electron chi connectivity index (χ0n) is 65.6. The molecule has 17 nitrogen and oxygen atoms in total. The van der Waals surface area contributed by atoms with Crippen LogP contribution < -0.4 is 0 Å². The standard InChI is InChI=1S/C83H154O17P2/c1-5-9-13-17-21-25-29-33-37-38-42-44-48-52-56-60-64-68-81(86)94-74-79(100-83(88)70-66-62-58-54-50-46-41-36-32-28-24-20-16-12-8-4)76-98-102(91,92)96-72-77(84)71-95-101(89,90)97-75-78(99-82(87)69-65-61-57-53-49-45-40-35-31-27-23-19-15-11-7-3)73-93-80(85)67-63-59-55-51-47-43-39-34-30-26-22-18-14-10-6-2/h22,26,34-36,39-41,77-79,84H,5-21,23-25,27-33,37-38,42-76H2,1-4H3,(H,89,90)(H,91,92)/b26-22-,39-34-,40-35-,41-36-/t77-,78-,79-/m1/s1. The van der Waals surface area contributed by atoms with Crippen molar-refractivity contribution in [2.45, 2.75) is 418 Å². The molecule has 0 bridgehead atoms. The Bertz CT molecular complexity index is 2120. The molecular formula is C83H154O17P2. The van der Waals surface area contributed by atoms with Gasteiger partial charge < -0.3 is 33.8 Å². The Kier molecular flexibility index (Phi) is 74.0. The lowest BCUT2D eigenvalue weighted by molar-refractivity contribution is -0.161. The second-order valence-corrected chi connectivity index (χ2v) is 31.3. The fourth-order valence-electron chi connectivity index (χ4n) is 11.8. The molecule has 0 amide bonds. The average molecular weight is 1490 g/mol. The minimum Gasteiger partial charge on any atom is -0.462 e. The van der Waals surface area contributed by atoms with Crippen molar-refractivity contribution in [2.75, 3.05) is 39.6 Å². The van der Waals surface area contributed by atoms with Gasteiger partial charge in [0, 0.05) is 25.7 Å². The minimum absolute atomic E-state index is 0.0868. The highest BCUT2D eigenvalue weighted by atomic mass is 31.2. The van der Waals surface area contributed by atoms with Crippen LogP contribution >= 0.6 is 15.6 Å². The van der Waals surface area contributed by atoms with Gasteiger partial charge in [0.05, 0.1) is 26.4 Å². The number of carbonyl (C=O) groups excluding carboxylic acids is 4. The van der Waals surface area contributed by atoms with Crippen LogP contribution in [0.15, 0.2) is 48.6 Å². The average Bonchev–Trinajstić information content (AvgIpc) is 0.926. The molecule has 0 aliphatic carbocycles. The number of hydrogen-bond acceptors (Lipinski definition) is 15. The molecule has 0 spiro atoms. The first-order valence-electron chi connectivity index (χ1n) is 41.9. The van der Waals surface area contributed by atoms with Crippen molar-refractivity contribution in [3.05, 3.63) is 48.6 Å². The lowest BCUT2D eigenvalue weighted by Gasteiger charge is -2.21. The molecule has 0 fully saturated rings. The summed E-state index contributed by atoms with van der Waals surface area (Å²) in [5, 5.41) is 10.7. The quantitative estimate of drug-likeness (QED) is 0.0169. The van der Waals surface area contributed by atoms with Gasteiger partial charge in [0.15, 0.2) is 12.2 Å². The molecular weight excluding hydrogens is 1330 g/mol. The van der Waals surface area contributed by atoms with E-state index >= 15 is 0 Å². The lowest BCUT2D eigenvalue weighted by atomic mass is 10.0. The predicted molar refractivity (Wildman–Crippen MR) is 418 cm³/mol. The number of aliphatic hydroxyl groups excluding tert-OH is 1. The largest absolute Gasteiger partial charge is 0.472 e. The van der Waals surface area contributed by atoms with Crippen molar-refractivity contribution in [3.63, 3.8) is 0 Å². The molecule has 5 atom stereocenters. The SMILES string of the molecule is CCCCC/C=C\C/C=C\CCCCCCCC(=O)OC[C@H](COP(=O)(O)OC[C@@H](O)COP(=O)(O)OC[C@@H](COC(=O)CCCCCCCCCCCCCCCCCCC)OC(=O)CCCCCCC/C=C\CCCCCCCC)OC(=O)CCCCCCC/C=C\CCCCCCCC. The number of unbranched alkanes of at least 4 members (excludes halogenated alkanes) is 46. The molecule has 0 aliphatic rings. The van der Waals surface area contributed by atoms with Crippen molar-refractivity contribution in [2.24, 2.45) is 0 Å². The molecule has 0 rings (SSSR count). The van der Waals surface area contributed by atoms with Gasteiger partial charge in [-0.05, 0) is 109 Å². The fraction of sp³-hybridized carbons (Fsp3) is 0.855. The van der Waals surface area contributed by atoms with Gasteiger partial charge in [-0.1, -0.05) is 314 Å². The molecule has 0 saturated carbocycles. The Balaban J connectivity index is 5.33. The van der Waals surface area contributed by atoms with Crippen LogP contribution in [-0.4, -0.2) is 96.7 Å². The Morgan fingerprint density at radius 2 is 0.480 bits per heavy atom. The van der Waals surface area contributed by atoms with E-state index in [0.29, 0.717) is 25.7 Å². The smallest absolute Gasteiger partial charge is 0.462 e. The highest BCUT2D eigenvalue weighted by Gasteiger charge is 2.30. The van der Waals surface area contributed by atoms with Crippen LogP contribution in [0.2, 0.25) is 0 Å². The van der Waals surface area contributed by atoms with Gasteiger partial charge in [0.25, 0.3) is 0 Å². The van der Waals surface area contributed by atoms with Crippen LogP contribution in [0.1, 0.15) is 400 Å². The molecule has 0 heterocycles. The summed E-state index contributed by atoms with van der Waals surface area (Å²) < 4.78 is 68.7. The summed E-state index contributed by atoms with van der Waals surface area (Å²) >= 11 is 0. The fourth-order valence-corrected chi connectivity index (χ4v) is 13.4. The normalized spacial score (nSPS) is 14.1. The molecule has 3 N–H and O–H groups in total. The summed E-state index contributed by atoms with van der Waals surface area (Å²) in [4.78, 5) is 73.1. The van der Waals surface area contributed by atoms with Crippen LogP contribution in [0.4, 0.5) is 0 Å². The Morgan fingerprint density at radius 3 is 0.755 bits per heavy atom. The van der Waals surface area contributed by atoms with Crippen LogP contribution in [0.25, 0.3) is 0 Å². The van der Waals surface area contributed by atoms with E-state index in [-0.39, 0.29) is 25.7 Å². The highest BCUT2D eigenvalue weighted by molar-refractivity contribution is 7.47. The summed E-state index contributed by atoms with van der Waals surface area (Å²) in [6.45, 7) is 4.91. The third kappa shape index (κ3) is 75.3. The summed E-state index contributed by atoms with van der Waals surface area (Å²) in [6.07, 6.45) is 75.0. The molecule has 0 aromatic rings. The van der Waals surface area contributed by atoms with Gasteiger partial charge in [0.2, 0.25) is 0 Å². The van der Waals surface area contributed by atoms with E-state index in [9.17, 15) is 43.2 Å². The van der Waals surface area contributed by atoms with Crippen molar-refractivity contribution < 1.29 is 80.2 Å². The summed E-state index contributed by atoms with van der Waals surface area (Å²) in [5.74, 6) is -2.17. The summed E-state index contributed by atoms with van der Waals surface area (Å²) in [6, 6.07) is 0. The number of carbonyl (C=O) groups is 4. The van der Waals surface area contributed by atoms with E-state index in [0.717, 1.165) is 141 Å². The van der Waals surface area contributed by atoms with Gasteiger partial charge in [0.1, 0.15) is 19.3 Å². The summed E-state index contributed by atoms with van der Waals surface area (Å²) in [7, 11) is -9.95. The minimum atomic E-state index is -4.98.